The summed E-state index contributed by atoms with van der Waals surface area (Å²) in [6, 6.07) is -0.794. The Labute approximate surface area is 96.8 Å². The number of aliphatic hydroxyl groups excluding tert-OH is 1. The maximum absolute atomic E-state index is 10.9. The van der Waals surface area contributed by atoms with Crippen LogP contribution in [0, 0.1) is 5.92 Å². The molecule has 0 amide bonds. The lowest BCUT2D eigenvalue weighted by Crippen LogP contribution is -2.47. The molecular weight excluding hydrogens is 210 g/mol. The number of aliphatic hydroxyl groups is 1. The number of ether oxygens (including phenoxy) is 1. The van der Waals surface area contributed by atoms with Crippen LogP contribution in [0.5, 0.6) is 0 Å². The van der Waals surface area contributed by atoms with Gasteiger partial charge >= 0.3 is 5.97 Å². The first kappa shape index (κ1) is 15.3. The molecule has 0 aliphatic rings. The van der Waals surface area contributed by atoms with Crippen molar-refractivity contribution in [1.82, 2.24) is 5.32 Å². The standard InChI is InChI=1S/C11H23NO4/c1-7(2)6-8(9(13)14)12-10(15)16-11(3,4)5/h7-8,10,12,15H,6H2,1-5H3,(H,13,14)/t8-,10?/m0/s1. The first-order chi connectivity index (χ1) is 7.11. The van der Waals surface area contributed by atoms with Gasteiger partial charge in [0.15, 0.2) is 0 Å². The van der Waals surface area contributed by atoms with Crippen molar-refractivity contribution in [2.75, 3.05) is 0 Å². The number of aliphatic carboxylic acids is 1. The molecule has 0 saturated heterocycles. The third kappa shape index (κ3) is 7.62. The molecule has 0 radical (unpaired) electrons. The summed E-state index contributed by atoms with van der Waals surface area (Å²) in [7, 11) is 0. The van der Waals surface area contributed by atoms with Crippen molar-refractivity contribution in [3.63, 3.8) is 0 Å². The van der Waals surface area contributed by atoms with Crippen LogP contribution in [-0.2, 0) is 9.53 Å². The predicted octanol–water partition coefficient (Wildman–Crippen LogP) is 1.17. The molecule has 0 heterocycles. The van der Waals surface area contributed by atoms with Crippen molar-refractivity contribution in [2.45, 2.75) is 59.1 Å². The maximum atomic E-state index is 10.9. The number of hydrogen-bond donors (Lipinski definition) is 3. The van der Waals surface area contributed by atoms with Crippen LogP contribution in [0.25, 0.3) is 0 Å². The van der Waals surface area contributed by atoms with E-state index in [4.69, 9.17) is 9.84 Å². The van der Waals surface area contributed by atoms with Gasteiger partial charge in [0.05, 0.1) is 5.60 Å². The van der Waals surface area contributed by atoms with Gasteiger partial charge in [-0.3, -0.25) is 10.1 Å². The lowest BCUT2D eigenvalue weighted by atomic mass is 10.0. The van der Waals surface area contributed by atoms with E-state index in [1.165, 1.54) is 0 Å². The van der Waals surface area contributed by atoms with Gasteiger partial charge in [-0.15, -0.1) is 0 Å². The average molecular weight is 233 g/mol. The minimum atomic E-state index is -1.26. The highest BCUT2D eigenvalue weighted by atomic mass is 16.6. The van der Waals surface area contributed by atoms with E-state index in [1.54, 1.807) is 20.8 Å². The highest BCUT2D eigenvalue weighted by molar-refractivity contribution is 5.73. The van der Waals surface area contributed by atoms with Gasteiger partial charge in [-0.25, -0.2) is 0 Å². The van der Waals surface area contributed by atoms with Gasteiger partial charge in [-0.05, 0) is 33.1 Å². The molecule has 0 rings (SSSR count). The fourth-order valence-electron chi connectivity index (χ4n) is 1.25. The van der Waals surface area contributed by atoms with Crippen LogP contribution >= 0.6 is 0 Å². The fourth-order valence-corrected chi connectivity index (χ4v) is 1.25. The third-order valence-electron chi connectivity index (χ3n) is 1.81. The summed E-state index contributed by atoms with van der Waals surface area (Å²) in [5, 5.41) is 21.0. The Bertz CT molecular complexity index is 223. The molecule has 0 aromatic rings. The van der Waals surface area contributed by atoms with Crippen molar-refractivity contribution in [1.29, 1.82) is 0 Å². The Hall–Kier alpha value is -0.650. The highest BCUT2D eigenvalue weighted by Crippen LogP contribution is 2.10. The van der Waals surface area contributed by atoms with Crippen LogP contribution in [-0.4, -0.2) is 34.2 Å². The fraction of sp³-hybridized carbons (Fsp3) is 0.909. The molecular formula is C11H23NO4. The summed E-state index contributed by atoms with van der Waals surface area (Å²) in [6.45, 7) is 9.21. The molecule has 0 spiro atoms. The van der Waals surface area contributed by atoms with Crippen LogP contribution in [0.15, 0.2) is 0 Å². The molecule has 1 unspecified atom stereocenters. The van der Waals surface area contributed by atoms with E-state index in [2.05, 4.69) is 5.32 Å². The average Bonchev–Trinajstić information content (AvgIpc) is 1.97. The summed E-state index contributed by atoms with van der Waals surface area (Å²) in [6.07, 6.45) is -0.820. The molecule has 0 fully saturated rings. The quantitative estimate of drug-likeness (QED) is 0.600. The Morgan fingerprint density at radius 3 is 2.19 bits per heavy atom. The molecule has 0 aliphatic carbocycles. The third-order valence-corrected chi connectivity index (χ3v) is 1.81. The van der Waals surface area contributed by atoms with E-state index in [9.17, 15) is 9.90 Å². The number of nitrogens with one attached hydrogen (secondary N) is 1. The molecule has 0 bridgehead atoms. The Morgan fingerprint density at radius 1 is 1.38 bits per heavy atom. The molecule has 96 valence electrons. The van der Waals surface area contributed by atoms with Crippen LogP contribution in [0.2, 0.25) is 0 Å². The summed E-state index contributed by atoms with van der Waals surface area (Å²) >= 11 is 0. The van der Waals surface area contributed by atoms with Crippen molar-refractivity contribution in [3.8, 4) is 0 Å². The summed E-state index contributed by atoms with van der Waals surface area (Å²) in [5.41, 5.74) is -0.521. The SMILES string of the molecule is CC(C)C[C@H](NC(O)OC(C)(C)C)C(=O)O. The monoisotopic (exact) mass is 233 g/mol. The number of hydrogen-bond acceptors (Lipinski definition) is 4. The second kappa shape index (κ2) is 6.18. The molecule has 2 atom stereocenters. The second-order valence-corrected chi connectivity index (χ2v) is 5.27. The normalized spacial score (nSPS) is 16.2. The number of carboxylic acid groups (broad SMARTS) is 1. The van der Waals surface area contributed by atoms with Crippen molar-refractivity contribution in [2.24, 2.45) is 5.92 Å². The van der Waals surface area contributed by atoms with E-state index < -0.39 is 24.0 Å². The highest BCUT2D eigenvalue weighted by Gasteiger charge is 2.24. The van der Waals surface area contributed by atoms with Crippen LogP contribution in [0.1, 0.15) is 41.0 Å². The molecule has 0 aliphatic heterocycles. The van der Waals surface area contributed by atoms with E-state index in [0.717, 1.165) is 0 Å². The minimum absolute atomic E-state index is 0.232. The smallest absolute Gasteiger partial charge is 0.320 e. The second-order valence-electron chi connectivity index (χ2n) is 5.27. The first-order valence-electron chi connectivity index (χ1n) is 5.46. The zero-order valence-corrected chi connectivity index (χ0v) is 10.7. The van der Waals surface area contributed by atoms with Crippen molar-refractivity contribution < 1.29 is 19.7 Å². The summed E-state index contributed by atoms with van der Waals surface area (Å²) in [5.74, 6) is -0.749. The van der Waals surface area contributed by atoms with Crippen LogP contribution in [0.3, 0.4) is 0 Å². The first-order valence-corrected chi connectivity index (χ1v) is 5.46. The molecule has 0 aromatic heterocycles. The molecule has 16 heavy (non-hydrogen) atoms. The predicted molar refractivity (Wildman–Crippen MR) is 60.9 cm³/mol. The van der Waals surface area contributed by atoms with Gasteiger partial charge < -0.3 is 14.9 Å². The lowest BCUT2D eigenvalue weighted by molar-refractivity contribution is -0.189. The van der Waals surface area contributed by atoms with Gasteiger partial charge in [0.1, 0.15) is 6.04 Å². The molecule has 0 saturated carbocycles. The number of rotatable bonds is 6. The van der Waals surface area contributed by atoms with Crippen molar-refractivity contribution in [3.05, 3.63) is 0 Å². The maximum Gasteiger partial charge on any atom is 0.320 e. The Kier molecular flexibility index (Phi) is 5.92. The molecule has 3 N–H and O–H groups in total. The van der Waals surface area contributed by atoms with Crippen LogP contribution < -0.4 is 5.32 Å². The van der Waals surface area contributed by atoms with Gasteiger partial charge in [-0.2, -0.15) is 0 Å². The summed E-state index contributed by atoms with van der Waals surface area (Å²) in [4.78, 5) is 10.9. The Morgan fingerprint density at radius 2 is 1.88 bits per heavy atom. The zero-order valence-electron chi connectivity index (χ0n) is 10.7. The number of carbonyl (C=O) groups is 1. The van der Waals surface area contributed by atoms with Crippen LogP contribution in [0.4, 0.5) is 0 Å². The molecule has 5 nitrogen and oxygen atoms in total. The van der Waals surface area contributed by atoms with E-state index >= 15 is 0 Å². The van der Waals surface area contributed by atoms with Gasteiger partial charge in [0.25, 0.3) is 0 Å². The number of carboxylic acids is 1. The zero-order chi connectivity index (χ0) is 12.9. The largest absolute Gasteiger partial charge is 0.480 e. The van der Waals surface area contributed by atoms with E-state index in [0.29, 0.717) is 6.42 Å². The van der Waals surface area contributed by atoms with Gasteiger partial charge in [0, 0.05) is 0 Å². The van der Waals surface area contributed by atoms with E-state index in [1.807, 2.05) is 13.8 Å². The molecule has 5 heteroatoms. The van der Waals surface area contributed by atoms with E-state index in [-0.39, 0.29) is 5.92 Å². The molecule has 0 aromatic carbocycles. The summed E-state index contributed by atoms with van der Waals surface area (Å²) < 4.78 is 5.18. The minimum Gasteiger partial charge on any atom is -0.480 e. The topological polar surface area (TPSA) is 78.8 Å². The van der Waals surface area contributed by atoms with Crippen molar-refractivity contribution >= 4 is 5.97 Å². The lowest BCUT2D eigenvalue weighted by Gasteiger charge is -2.27. The Balaban J connectivity index is 4.24. The van der Waals surface area contributed by atoms with Gasteiger partial charge in [0.2, 0.25) is 6.41 Å². The van der Waals surface area contributed by atoms with Gasteiger partial charge in [-0.1, -0.05) is 13.8 Å².